The van der Waals surface area contributed by atoms with Gasteiger partial charge in [0.15, 0.2) is 5.65 Å². The van der Waals surface area contributed by atoms with E-state index in [1.165, 1.54) is 18.1 Å². The summed E-state index contributed by atoms with van der Waals surface area (Å²) < 4.78 is 3.72. The van der Waals surface area contributed by atoms with Crippen molar-refractivity contribution >= 4 is 34.5 Å². The Bertz CT molecular complexity index is 1350. The first-order valence-electron chi connectivity index (χ1n) is 10.4. The van der Waals surface area contributed by atoms with Gasteiger partial charge in [-0.3, -0.25) is 14.0 Å². The second-order valence-electron chi connectivity index (χ2n) is 7.66. The molecule has 0 radical (unpaired) electrons. The van der Waals surface area contributed by atoms with Crippen molar-refractivity contribution in [3.63, 3.8) is 0 Å². The largest absolute Gasteiger partial charge is 0.310 e. The number of carbonyl (C=O) groups excluding carboxylic acids is 1. The summed E-state index contributed by atoms with van der Waals surface area (Å²) in [7, 11) is 1.82. The summed E-state index contributed by atoms with van der Waals surface area (Å²) >= 11 is 1.33. The maximum Gasteiger partial charge on any atom is 0.235 e. The maximum atomic E-state index is 13.0. The lowest BCUT2D eigenvalue weighted by molar-refractivity contribution is -0.113. The molecule has 8 nitrogen and oxygen atoms in total. The number of fused-ring (bicyclic) bond motifs is 2. The van der Waals surface area contributed by atoms with Gasteiger partial charge in [-0.15, -0.1) is 0 Å². The van der Waals surface area contributed by atoms with Gasteiger partial charge in [-0.25, -0.2) is 9.97 Å². The molecule has 0 unspecified atom stereocenters. The molecule has 1 aliphatic rings. The topological polar surface area (TPSA) is 101 Å². The molecule has 4 aromatic rings. The molecule has 1 amide bonds. The summed E-state index contributed by atoms with van der Waals surface area (Å²) in [5.41, 5.74) is 4.41. The predicted octanol–water partition coefficient (Wildman–Crippen LogP) is 3.64. The van der Waals surface area contributed by atoms with Crippen molar-refractivity contribution < 1.29 is 4.79 Å². The molecule has 0 saturated heterocycles. The van der Waals surface area contributed by atoms with E-state index in [4.69, 9.17) is 0 Å². The summed E-state index contributed by atoms with van der Waals surface area (Å²) in [5, 5.41) is 18.7. The van der Waals surface area contributed by atoms with Crippen molar-refractivity contribution in [1.29, 1.82) is 5.26 Å². The van der Waals surface area contributed by atoms with Crippen LogP contribution in [0, 0.1) is 11.3 Å². The first-order valence-corrected chi connectivity index (χ1v) is 11.4. The molecule has 1 aliphatic carbocycles. The van der Waals surface area contributed by atoms with Crippen LogP contribution in [0.15, 0.2) is 47.9 Å². The van der Waals surface area contributed by atoms with E-state index >= 15 is 0 Å². The van der Waals surface area contributed by atoms with E-state index in [9.17, 15) is 10.1 Å². The Morgan fingerprint density at radius 2 is 2.03 bits per heavy atom. The maximum absolute atomic E-state index is 13.0. The fraction of sp³-hybridized carbons (Fsp3) is 0.261. The van der Waals surface area contributed by atoms with Gasteiger partial charge in [-0.05, 0) is 43.4 Å². The number of rotatable bonds is 5. The van der Waals surface area contributed by atoms with E-state index in [0.29, 0.717) is 16.4 Å². The van der Waals surface area contributed by atoms with E-state index in [1.54, 1.807) is 10.9 Å². The summed E-state index contributed by atoms with van der Waals surface area (Å²) in [6, 6.07) is 12.2. The lowest BCUT2D eigenvalue weighted by Crippen LogP contribution is -2.18. The standard InChI is InChI=1S/C23H21N7OS/c1-29-21-18(12-27-29)23(26-14-25-21)32-13-20(31)28-22-17(11-24)16-9-5-6-10-19(16)30(22)15-7-3-2-4-8-15/h2-4,7-8,12,14H,5-6,9-10,13H2,1H3,(H,28,31). The number of aryl methyl sites for hydroxylation is 1. The number of hydrogen-bond donors (Lipinski definition) is 1. The molecule has 0 aliphatic heterocycles. The van der Waals surface area contributed by atoms with E-state index < -0.39 is 0 Å². The van der Waals surface area contributed by atoms with Crippen molar-refractivity contribution in [2.75, 3.05) is 11.1 Å². The minimum Gasteiger partial charge on any atom is -0.310 e. The van der Waals surface area contributed by atoms with Crippen LogP contribution in [-0.4, -0.2) is 36.0 Å². The monoisotopic (exact) mass is 443 g/mol. The lowest BCUT2D eigenvalue weighted by atomic mass is 9.95. The molecule has 32 heavy (non-hydrogen) atoms. The SMILES string of the molecule is Cn1ncc2c(SCC(=O)Nc3c(C#N)c4c(n3-c3ccccc3)CCCC4)ncnc21. The van der Waals surface area contributed by atoms with Crippen LogP contribution >= 0.6 is 11.8 Å². The van der Waals surface area contributed by atoms with E-state index in [-0.39, 0.29) is 11.7 Å². The number of amides is 1. The van der Waals surface area contributed by atoms with Crippen molar-refractivity contribution in [3.8, 4) is 11.8 Å². The number of aromatic nitrogens is 5. The summed E-state index contributed by atoms with van der Waals surface area (Å²) in [6.45, 7) is 0. The second kappa shape index (κ2) is 8.48. The Kier molecular flexibility index (Phi) is 5.37. The number of benzene rings is 1. The van der Waals surface area contributed by atoms with Crippen molar-refractivity contribution in [1.82, 2.24) is 24.3 Å². The van der Waals surface area contributed by atoms with Crippen molar-refractivity contribution in [2.24, 2.45) is 7.05 Å². The molecule has 1 aromatic carbocycles. The van der Waals surface area contributed by atoms with E-state index in [2.05, 4.69) is 26.5 Å². The minimum atomic E-state index is -0.186. The first kappa shape index (κ1) is 20.3. The van der Waals surface area contributed by atoms with Crippen LogP contribution in [0.5, 0.6) is 0 Å². The molecular weight excluding hydrogens is 422 g/mol. The molecule has 0 bridgehead atoms. The number of anilines is 1. The average Bonchev–Trinajstić information content (AvgIpc) is 3.36. The van der Waals surface area contributed by atoms with Gasteiger partial charge in [0, 0.05) is 18.4 Å². The highest BCUT2D eigenvalue weighted by molar-refractivity contribution is 8.00. The molecule has 3 aromatic heterocycles. The van der Waals surface area contributed by atoms with Crippen LogP contribution in [0.4, 0.5) is 5.82 Å². The van der Waals surface area contributed by atoms with E-state index in [1.807, 2.05) is 41.9 Å². The molecule has 160 valence electrons. The smallest absolute Gasteiger partial charge is 0.235 e. The van der Waals surface area contributed by atoms with E-state index in [0.717, 1.165) is 53.7 Å². The number of thioether (sulfide) groups is 1. The molecule has 1 N–H and O–H groups in total. The zero-order valence-corrected chi connectivity index (χ0v) is 18.4. The minimum absolute atomic E-state index is 0.163. The molecule has 0 saturated carbocycles. The molecule has 9 heteroatoms. The Labute approximate surface area is 189 Å². The Morgan fingerprint density at radius 1 is 1.22 bits per heavy atom. The van der Waals surface area contributed by atoms with Gasteiger partial charge in [-0.1, -0.05) is 30.0 Å². The van der Waals surface area contributed by atoms with Gasteiger partial charge >= 0.3 is 0 Å². The number of para-hydroxylation sites is 1. The molecule has 5 rings (SSSR count). The van der Waals surface area contributed by atoms with Crippen molar-refractivity contribution in [3.05, 3.63) is 59.7 Å². The number of hydrogen-bond acceptors (Lipinski definition) is 6. The fourth-order valence-corrected chi connectivity index (χ4v) is 5.01. The first-order chi connectivity index (χ1) is 15.7. The number of nitrogens with one attached hydrogen (secondary N) is 1. The fourth-order valence-electron chi connectivity index (χ4n) is 4.25. The lowest BCUT2D eigenvalue weighted by Gasteiger charge is -2.17. The summed E-state index contributed by atoms with van der Waals surface area (Å²) in [4.78, 5) is 21.5. The third kappa shape index (κ3) is 3.52. The molecular formula is C23H21N7OS. The number of nitrogens with zero attached hydrogens (tertiary/aromatic N) is 6. The molecule has 0 fully saturated rings. The quantitative estimate of drug-likeness (QED) is 0.373. The molecule has 3 heterocycles. The van der Waals surface area contributed by atoms with Crippen LogP contribution < -0.4 is 5.32 Å². The van der Waals surface area contributed by atoms with Gasteiger partial charge in [0.25, 0.3) is 0 Å². The van der Waals surface area contributed by atoms with Gasteiger partial charge in [-0.2, -0.15) is 10.4 Å². The van der Waals surface area contributed by atoms with Crippen LogP contribution in [0.2, 0.25) is 0 Å². The normalized spacial score (nSPS) is 13.0. The van der Waals surface area contributed by atoms with Gasteiger partial charge < -0.3 is 5.32 Å². The second-order valence-corrected chi connectivity index (χ2v) is 8.62. The Hall–Kier alpha value is -3.64. The Morgan fingerprint density at radius 3 is 2.84 bits per heavy atom. The highest BCUT2D eigenvalue weighted by atomic mass is 32.2. The highest BCUT2D eigenvalue weighted by Gasteiger charge is 2.26. The van der Waals surface area contributed by atoms with Gasteiger partial charge in [0.2, 0.25) is 5.91 Å². The van der Waals surface area contributed by atoms with Gasteiger partial charge in [0.05, 0.1) is 22.9 Å². The zero-order chi connectivity index (χ0) is 22.1. The molecule has 0 spiro atoms. The van der Waals surface area contributed by atoms with Crippen LogP contribution in [0.1, 0.15) is 29.7 Å². The summed E-state index contributed by atoms with van der Waals surface area (Å²) in [6.07, 6.45) is 7.06. The van der Waals surface area contributed by atoms with Gasteiger partial charge in [0.1, 0.15) is 23.2 Å². The predicted molar refractivity (Wildman–Crippen MR) is 123 cm³/mol. The summed E-state index contributed by atoms with van der Waals surface area (Å²) in [5.74, 6) is 0.538. The highest BCUT2D eigenvalue weighted by Crippen LogP contribution is 2.35. The van der Waals surface area contributed by atoms with Crippen LogP contribution in [-0.2, 0) is 24.7 Å². The third-order valence-electron chi connectivity index (χ3n) is 5.69. The average molecular weight is 444 g/mol. The zero-order valence-electron chi connectivity index (χ0n) is 17.6. The van der Waals surface area contributed by atoms with Crippen molar-refractivity contribution in [2.45, 2.75) is 30.7 Å². The third-order valence-corrected chi connectivity index (χ3v) is 6.69. The van der Waals surface area contributed by atoms with Crippen LogP contribution in [0.3, 0.4) is 0 Å². The molecule has 0 atom stereocenters. The Balaban J connectivity index is 1.45. The number of nitriles is 1. The number of carbonyl (C=O) groups is 1. The van der Waals surface area contributed by atoms with Crippen LogP contribution in [0.25, 0.3) is 16.7 Å².